The van der Waals surface area contributed by atoms with E-state index in [-0.39, 0.29) is 22.1 Å². The van der Waals surface area contributed by atoms with Gasteiger partial charge in [0.25, 0.3) is 0 Å². The molecule has 0 aliphatic heterocycles. The molecule has 3 nitrogen and oxygen atoms in total. The third kappa shape index (κ3) is 2.53. The molecule has 0 bridgehead atoms. The number of aromatic nitrogens is 2. The molecule has 2 aromatic rings. The second kappa shape index (κ2) is 4.45. The van der Waals surface area contributed by atoms with Gasteiger partial charge in [0.05, 0.1) is 16.3 Å². The number of halogens is 4. The van der Waals surface area contributed by atoms with Crippen LogP contribution in [0.25, 0.3) is 11.3 Å². The summed E-state index contributed by atoms with van der Waals surface area (Å²) < 4.78 is 37.6. The van der Waals surface area contributed by atoms with Gasteiger partial charge in [-0.2, -0.15) is 13.2 Å². The summed E-state index contributed by atoms with van der Waals surface area (Å²) in [5.41, 5.74) is 5.14. The van der Waals surface area contributed by atoms with E-state index in [2.05, 4.69) is 10.2 Å². The van der Waals surface area contributed by atoms with Crippen LogP contribution in [0.5, 0.6) is 0 Å². The molecule has 0 aliphatic rings. The summed E-state index contributed by atoms with van der Waals surface area (Å²) in [6.45, 7) is 0. The van der Waals surface area contributed by atoms with Gasteiger partial charge in [0.15, 0.2) is 5.82 Å². The highest BCUT2D eigenvalue weighted by Crippen LogP contribution is 2.32. The lowest BCUT2D eigenvalue weighted by Gasteiger charge is -2.08. The number of nitrogen functional groups attached to an aromatic ring is 1. The topological polar surface area (TPSA) is 51.8 Å². The van der Waals surface area contributed by atoms with E-state index in [1.807, 2.05) is 0 Å². The Balaban J connectivity index is 2.48. The van der Waals surface area contributed by atoms with E-state index in [0.717, 1.165) is 12.1 Å². The SMILES string of the molecule is Nc1nnc(-c2cccc(C(F)(F)F)c2)cc1Cl. The van der Waals surface area contributed by atoms with E-state index < -0.39 is 11.7 Å². The normalized spacial score (nSPS) is 11.6. The highest BCUT2D eigenvalue weighted by Gasteiger charge is 2.30. The first-order valence-corrected chi connectivity index (χ1v) is 5.22. The van der Waals surface area contributed by atoms with Crippen LogP contribution in [0, 0.1) is 0 Å². The zero-order valence-electron chi connectivity index (χ0n) is 8.87. The molecule has 0 atom stereocenters. The Kier molecular flexibility index (Phi) is 3.13. The Morgan fingerprint density at radius 3 is 2.44 bits per heavy atom. The number of anilines is 1. The first kappa shape index (κ1) is 12.6. The molecule has 0 aliphatic carbocycles. The van der Waals surface area contributed by atoms with Crippen LogP contribution < -0.4 is 5.73 Å². The number of hydrogen-bond donors (Lipinski definition) is 1. The fraction of sp³-hybridized carbons (Fsp3) is 0.0909. The molecule has 0 amide bonds. The molecule has 0 fully saturated rings. The van der Waals surface area contributed by atoms with Gasteiger partial charge in [0.1, 0.15) is 0 Å². The predicted molar refractivity (Wildman–Crippen MR) is 61.9 cm³/mol. The van der Waals surface area contributed by atoms with Gasteiger partial charge in [0.2, 0.25) is 0 Å². The third-order valence-electron chi connectivity index (χ3n) is 2.26. The van der Waals surface area contributed by atoms with Crippen molar-refractivity contribution < 1.29 is 13.2 Å². The molecular formula is C11H7ClF3N3. The van der Waals surface area contributed by atoms with E-state index in [1.165, 1.54) is 18.2 Å². The van der Waals surface area contributed by atoms with Gasteiger partial charge in [-0.05, 0) is 18.2 Å². The van der Waals surface area contributed by atoms with Gasteiger partial charge < -0.3 is 5.73 Å². The molecule has 0 saturated heterocycles. The third-order valence-corrected chi connectivity index (χ3v) is 2.56. The van der Waals surface area contributed by atoms with Crippen LogP contribution in [0.1, 0.15) is 5.56 Å². The van der Waals surface area contributed by atoms with Gasteiger partial charge in [0, 0.05) is 5.56 Å². The molecule has 2 rings (SSSR count). The van der Waals surface area contributed by atoms with Crippen molar-refractivity contribution in [3.05, 3.63) is 40.9 Å². The van der Waals surface area contributed by atoms with Crippen LogP contribution in [0.4, 0.5) is 19.0 Å². The Bertz CT molecular complexity index is 584. The van der Waals surface area contributed by atoms with Gasteiger partial charge in [-0.3, -0.25) is 0 Å². The Hall–Kier alpha value is -1.82. The summed E-state index contributed by atoms with van der Waals surface area (Å²) in [6.07, 6.45) is -4.40. The smallest absolute Gasteiger partial charge is 0.381 e. The number of hydrogen-bond acceptors (Lipinski definition) is 3. The molecule has 1 aromatic heterocycles. The van der Waals surface area contributed by atoms with Gasteiger partial charge in [-0.25, -0.2) is 0 Å². The van der Waals surface area contributed by atoms with Crippen molar-refractivity contribution in [2.75, 3.05) is 5.73 Å². The number of alkyl halides is 3. The summed E-state index contributed by atoms with van der Waals surface area (Å²) in [5, 5.41) is 7.42. The van der Waals surface area contributed by atoms with Gasteiger partial charge >= 0.3 is 6.18 Å². The average molecular weight is 274 g/mol. The van der Waals surface area contributed by atoms with Crippen LogP contribution in [-0.2, 0) is 6.18 Å². The highest BCUT2D eigenvalue weighted by atomic mass is 35.5. The van der Waals surface area contributed by atoms with Crippen molar-refractivity contribution in [2.45, 2.75) is 6.18 Å². The molecule has 0 saturated carbocycles. The highest BCUT2D eigenvalue weighted by molar-refractivity contribution is 6.32. The van der Waals surface area contributed by atoms with Crippen molar-refractivity contribution in [1.29, 1.82) is 0 Å². The first-order chi connectivity index (χ1) is 8.38. The molecule has 1 aromatic carbocycles. The maximum Gasteiger partial charge on any atom is 0.416 e. The van der Waals surface area contributed by atoms with Crippen LogP contribution in [0.15, 0.2) is 30.3 Å². The van der Waals surface area contributed by atoms with E-state index in [9.17, 15) is 13.2 Å². The lowest BCUT2D eigenvalue weighted by Crippen LogP contribution is -2.04. The van der Waals surface area contributed by atoms with E-state index in [0.29, 0.717) is 0 Å². The Morgan fingerprint density at radius 1 is 1.11 bits per heavy atom. The van der Waals surface area contributed by atoms with Crippen molar-refractivity contribution in [2.24, 2.45) is 0 Å². The number of rotatable bonds is 1. The van der Waals surface area contributed by atoms with E-state index >= 15 is 0 Å². The number of nitrogens with zero attached hydrogens (tertiary/aromatic N) is 2. The molecule has 7 heteroatoms. The van der Waals surface area contributed by atoms with E-state index in [1.54, 1.807) is 0 Å². The van der Waals surface area contributed by atoms with Crippen LogP contribution in [-0.4, -0.2) is 10.2 Å². The lowest BCUT2D eigenvalue weighted by atomic mass is 10.1. The molecule has 0 radical (unpaired) electrons. The maximum atomic E-state index is 12.5. The fourth-order valence-electron chi connectivity index (χ4n) is 1.37. The second-order valence-electron chi connectivity index (χ2n) is 3.54. The summed E-state index contributed by atoms with van der Waals surface area (Å²) in [7, 11) is 0. The van der Waals surface area contributed by atoms with Crippen molar-refractivity contribution >= 4 is 17.4 Å². The van der Waals surface area contributed by atoms with Gasteiger partial charge in [-0.1, -0.05) is 23.7 Å². The molecule has 18 heavy (non-hydrogen) atoms. The largest absolute Gasteiger partial charge is 0.416 e. The molecule has 94 valence electrons. The fourth-order valence-corrected chi connectivity index (χ4v) is 1.52. The number of benzene rings is 1. The lowest BCUT2D eigenvalue weighted by molar-refractivity contribution is -0.137. The molecule has 2 N–H and O–H groups in total. The molecule has 0 spiro atoms. The van der Waals surface area contributed by atoms with Crippen molar-refractivity contribution in [3.8, 4) is 11.3 Å². The minimum absolute atomic E-state index is 0.0346. The summed E-state index contributed by atoms with van der Waals surface area (Å²) in [5.74, 6) is 0.0346. The minimum Gasteiger partial charge on any atom is -0.381 e. The molecule has 1 heterocycles. The van der Waals surface area contributed by atoms with Crippen molar-refractivity contribution in [3.63, 3.8) is 0 Å². The Morgan fingerprint density at radius 2 is 1.83 bits per heavy atom. The molecule has 0 unspecified atom stereocenters. The quantitative estimate of drug-likeness (QED) is 0.866. The summed E-state index contributed by atoms with van der Waals surface area (Å²) >= 11 is 5.74. The zero-order chi connectivity index (χ0) is 13.3. The average Bonchev–Trinajstić information content (AvgIpc) is 2.32. The maximum absolute atomic E-state index is 12.5. The van der Waals surface area contributed by atoms with Crippen molar-refractivity contribution in [1.82, 2.24) is 10.2 Å². The Labute approximate surface area is 105 Å². The number of nitrogens with two attached hydrogens (primary N) is 1. The standard InChI is InChI=1S/C11H7ClF3N3/c12-8-5-9(17-18-10(8)16)6-2-1-3-7(4-6)11(13,14)15/h1-5H,(H2,16,18). The van der Waals surface area contributed by atoms with Crippen LogP contribution in [0.3, 0.4) is 0 Å². The monoisotopic (exact) mass is 273 g/mol. The second-order valence-corrected chi connectivity index (χ2v) is 3.95. The molecular weight excluding hydrogens is 267 g/mol. The van der Waals surface area contributed by atoms with Crippen LogP contribution >= 0.6 is 11.6 Å². The predicted octanol–water partition coefficient (Wildman–Crippen LogP) is 3.40. The summed E-state index contributed by atoms with van der Waals surface area (Å²) in [4.78, 5) is 0. The van der Waals surface area contributed by atoms with Crippen LogP contribution in [0.2, 0.25) is 5.02 Å². The minimum atomic E-state index is -4.40. The first-order valence-electron chi connectivity index (χ1n) is 4.84. The van der Waals surface area contributed by atoms with Gasteiger partial charge in [-0.15, -0.1) is 10.2 Å². The summed E-state index contributed by atoms with van der Waals surface area (Å²) in [6, 6.07) is 6.13. The zero-order valence-corrected chi connectivity index (χ0v) is 9.63. The van der Waals surface area contributed by atoms with E-state index in [4.69, 9.17) is 17.3 Å².